The Balaban J connectivity index is 2.25. The van der Waals surface area contributed by atoms with E-state index in [1.54, 1.807) is 0 Å². The maximum Gasteiger partial charge on any atom is 0.263 e. The van der Waals surface area contributed by atoms with Gasteiger partial charge in [-0.2, -0.15) is 0 Å². The van der Waals surface area contributed by atoms with Crippen molar-refractivity contribution >= 4 is 33.8 Å². The van der Waals surface area contributed by atoms with Crippen LogP contribution in [0.15, 0.2) is 0 Å². The Labute approximate surface area is 117 Å². The minimum atomic E-state index is -2.59. The van der Waals surface area contributed by atoms with E-state index in [0.29, 0.717) is 0 Å². The first-order valence-corrected chi connectivity index (χ1v) is 6.76. The Morgan fingerprint density at radius 3 is 2.55 bits per heavy atom. The number of alkyl halides is 2. The molecular weight excluding hydrogens is 290 g/mol. The van der Waals surface area contributed by atoms with Crippen LogP contribution in [0.2, 0.25) is 0 Å². The first-order valence-electron chi connectivity index (χ1n) is 5.95. The Bertz CT molecular complexity index is 543. The van der Waals surface area contributed by atoms with Gasteiger partial charge in [0.15, 0.2) is 0 Å². The number of amides is 2. The third-order valence-corrected chi connectivity index (χ3v) is 3.89. The summed E-state index contributed by atoms with van der Waals surface area (Å²) in [6, 6.07) is 0.124. The zero-order valence-electron chi connectivity index (χ0n) is 10.4. The van der Waals surface area contributed by atoms with Crippen molar-refractivity contribution in [2.24, 2.45) is 5.73 Å². The highest BCUT2D eigenvalue weighted by Gasteiger charge is 2.29. The third kappa shape index (κ3) is 3.16. The Hall–Kier alpha value is -1.90. The number of hydrogen-bond acceptors (Lipinski definition) is 5. The van der Waals surface area contributed by atoms with Crippen molar-refractivity contribution < 1.29 is 18.4 Å². The van der Waals surface area contributed by atoms with Crippen LogP contribution in [-0.2, 0) is 0 Å². The minimum absolute atomic E-state index is 0.0718. The number of rotatable bonds is 6. The van der Waals surface area contributed by atoms with Crippen molar-refractivity contribution in [2.75, 3.05) is 17.6 Å². The number of anilines is 2. The number of carbonyl (C=O) groups is 2. The molecule has 1 saturated carbocycles. The van der Waals surface area contributed by atoms with E-state index in [2.05, 4.69) is 10.6 Å². The molecule has 1 aromatic heterocycles. The van der Waals surface area contributed by atoms with Crippen LogP contribution in [0.25, 0.3) is 0 Å². The van der Waals surface area contributed by atoms with E-state index < -0.39 is 24.8 Å². The molecule has 0 atom stereocenters. The number of hydrogen-bond donors (Lipinski definition) is 4. The highest BCUT2D eigenvalue weighted by molar-refractivity contribution is 7.19. The Kier molecular flexibility index (Phi) is 4.07. The summed E-state index contributed by atoms with van der Waals surface area (Å²) >= 11 is 0.852. The molecule has 2 amide bonds. The predicted molar refractivity (Wildman–Crippen MR) is 72.2 cm³/mol. The second-order valence-corrected chi connectivity index (χ2v) is 5.45. The maximum absolute atomic E-state index is 12.2. The molecule has 0 spiro atoms. The van der Waals surface area contributed by atoms with Crippen LogP contribution in [0.4, 0.5) is 19.5 Å². The van der Waals surface area contributed by atoms with Crippen LogP contribution >= 0.6 is 11.3 Å². The number of carbonyl (C=O) groups excluding carboxylic acids is 2. The Morgan fingerprint density at radius 2 is 2.05 bits per heavy atom. The number of thiophene rings is 1. The standard InChI is InChI=1S/C11H14F2N4O2S/c12-5(13)3-16-11-6(9(15)18)7(14)8(20-11)10(19)17-4-1-2-4/h4-5,16H,1-3,14H2,(H2,15,18)(H,17,19). The van der Waals surface area contributed by atoms with Crippen molar-refractivity contribution in [3.8, 4) is 0 Å². The molecule has 0 unspecified atom stereocenters. The van der Waals surface area contributed by atoms with E-state index in [1.165, 1.54) is 0 Å². The molecule has 2 rings (SSSR count). The minimum Gasteiger partial charge on any atom is -0.397 e. The Morgan fingerprint density at radius 1 is 1.40 bits per heavy atom. The molecule has 0 saturated heterocycles. The van der Waals surface area contributed by atoms with Crippen molar-refractivity contribution in [1.29, 1.82) is 0 Å². The summed E-state index contributed by atoms with van der Waals surface area (Å²) in [5.41, 5.74) is 10.7. The van der Waals surface area contributed by atoms with Crippen LogP contribution in [-0.4, -0.2) is 30.8 Å². The topological polar surface area (TPSA) is 110 Å². The number of primary amides is 1. The van der Waals surface area contributed by atoms with Crippen molar-refractivity contribution in [1.82, 2.24) is 5.32 Å². The second-order valence-electron chi connectivity index (χ2n) is 4.43. The number of nitrogens with one attached hydrogen (secondary N) is 2. The van der Waals surface area contributed by atoms with Crippen LogP contribution in [0.5, 0.6) is 0 Å². The zero-order chi connectivity index (χ0) is 14.9. The van der Waals surface area contributed by atoms with Gasteiger partial charge in [-0.05, 0) is 12.8 Å². The number of halogens is 2. The quantitative estimate of drug-likeness (QED) is 0.628. The van der Waals surface area contributed by atoms with E-state index in [4.69, 9.17) is 11.5 Å². The SMILES string of the molecule is NC(=O)c1c(NCC(F)F)sc(C(=O)NC2CC2)c1N. The highest BCUT2D eigenvalue weighted by Crippen LogP contribution is 2.36. The first-order chi connectivity index (χ1) is 9.40. The second kappa shape index (κ2) is 5.61. The zero-order valence-corrected chi connectivity index (χ0v) is 11.2. The van der Waals surface area contributed by atoms with Gasteiger partial charge in [-0.25, -0.2) is 8.78 Å². The van der Waals surface area contributed by atoms with Crippen LogP contribution in [0, 0.1) is 0 Å². The molecule has 1 heterocycles. The molecule has 1 aromatic rings. The van der Waals surface area contributed by atoms with Gasteiger partial charge in [-0.3, -0.25) is 9.59 Å². The predicted octanol–water partition coefficient (Wildman–Crippen LogP) is 0.998. The van der Waals surface area contributed by atoms with Crippen LogP contribution in [0.1, 0.15) is 32.9 Å². The van der Waals surface area contributed by atoms with Crippen molar-refractivity contribution in [3.05, 3.63) is 10.4 Å². The maximum atomic E-state index is 12.2. The lowest BCUT2D eigenvalue weighted by Gasteiger charge is -2.04. The fraction of sp³-hybridized carbons (Fsp3) is 0.455. The summed E-state index contributed by atoms with van der Waals surface area (Å²) in [7, 11) is 0. The van der Waals surface area contributed by atoms with Crippen LogP contribution < -0.4 is 22.1 Å². The van der Waals surface area contributed by atoms with Gasteiger partial charge < -0.3 is 22.1 Å². The van der Waals surface area contributed by atoms with E-state index in [-0.39, 0.29) is 27.2 Å². The lowest BCUT2D eigenvalue weighted by atomic mass is 10.2. The average molecular weight is 304 g/mol. The van der Waals surface area contributed by atoms with Gasteiger partial charge in [0.2, 0.25) is 0 Å². The molecule has 0 radical (unpaired) electrons. The van der Waals surface area contributed by atoms with Crippen molar-refractivity contribution in [3.63, 3.8) is 0 Å². The van der Waals surface area contributed by atoms with E-state index in [1.807, 2.05) is 0 Å². The molecule has 6 N–H and O–H groups in total. The van der Waals surface area contributed by atoms with Gasteiger partial charge in [0.25, 0.3) is 18.2 Å². The van der Waals surface area contributed by atoms with Gasteiger partial charge >= 0.3 is 0 Å². The van der Waals surface area contributed by atoms with Gasteiger partial charge in [0.05, 0.1) is 17.8 Å². The smallest absolute Gasteiger partial charge is 0.263 e. The molecule has 20 heavy (non-hydrogen) atoms. The first kappa shape index (κ1) is 14.5. The molecule has 1 aliphatic carbocycles. The van der Waals surface area contributed by atoms with Gasteiger partial charge in [0, 0.05) is 6.04 Å². The molecule has 0 bridgehead atoms. The molecule has 6 nitrogen and oxygen atoms in total. The molecule has 9 heteroatoms. The molecular formula is C11H14F2N4O2S. The fourth-order valence-corrected chi connectivity index (χ4v) is 2.67. The molecule has 110 valence electrons. The average Bonchev–Trinajstić information content (AvgIpc) is 3.08. The number of nitrogens with two attached hydrogens (primary N) is 2. The van der Waals surface area contributed by atoms with Gasteiger partial charge in [-0.15, -0.1) is 11.3 Å². The monoisotopic (exact) mass is 304 g/mol. The summed E-state index contributed by atoms with van der Waals surface area (Å²) < 4.78 is 24.4. The van der Waals surface area contributed by atoms with E-state index >= 15 is 0 Å². The van der Waals surface area contributed by atoms with Crippen molar-refractivity contribution in [2.45, 2.75) is 25.3 Å². The molecule has 1 aliphatic rings. The van der Waals surface area contributed by atoms with E-state index in [9.17, 15) is 18.4 Å². The molecule has 0 aromatic carbocycles. The summed E-state index contributed by atoms with van der Waals surface area (Å²) in [6.45, 7) is -0.649. The number of nitrogen functional groups attached to an aromatic ring is 1. The highest BCUT2D eigenvalue weighted by atomic mass is 32.1. The summed E-state index contributed by atoms with van der Waals surface area (Å²) in [5, 5.41) is 5.20. The molecule has 0 aliphatic heterocycles. The lowest BCUT2D eigenvalue weighted by Crippen LogP contribution is -2.25. The third-order valence-electron chi connectivity index (χ3n) is 2.73. The van der Waals surface area contributed by atoms with Gasteiger partial charge in [0.1, 0.15) is 9.88 Å². The van der Waals surface area contributed by atoms with E-state index in [0.717, 1.165) is 24.2 Å². The van der Waals surface area contributed by atoms with Gasteiger partial charge in [-0.1, -0.05) is 0 Å². The fourth-order valence-electron chi connectivity index (χ4n) is 1.63. The molecule has 1 fully saturated rings. The summed E-state index contributed by atoms with van der Waals surface area (Å²) in [5.74, 6) is -1.27. The largest absolute Gasteiger partial charge is 0.397 e. The lowest BCUT2D eigenvalue weighted by molar-refractivity contribution is 0.0955. The summed E-state index contributed by atoms with van der Waals surface area (Å²) in [4.78, 5) is 23.4. The summed E-state index contributed by atoms with van der Waals surface area (Å²) in [6.07, 6.45) is -0.797. The van der Waals surface area contributed by atoms with Crippen LogP contribution in [0.3, 0.4) is 0 Å². The normalized spacial score (nSPS) is 14.3.